The molecule has 0 saturated carbocycles. The second kappa shape index (κ2) is 8.34. The lowest BCUT2D eigenvalue weighted by molar-refractivity contribution is -0.371. The smallest absolute Gasteiger partial charge is 0.385 e. The van der Waals surface area contributed by atoms with E-state index < -0.39 is 42.8 Å². The summed E-state index contributed by atoms with van der Waals surface area (Å²) in [6, 6.07) is -1.01. The SMILES string of the molecule is C=C(C)C[C@H]1CC=C[C@H](CC(=C)C)N1C[C@@H](O)C(F)(F)C(F)(F)C(F)(F)F. The Bertz CT molecular complexity index is 583. The maximum Gasteiger partial charge on any atom is 0.459 e. The van der Waals surface area contributed by atoms with Crippen LogP contribution in [0, 0.1) is 0 Å². The highest BCUT2D eigenvalue weighted by Crippen LogP contribution is 2.48. The molecule has 0 aromatic heterocycles. The van der Waals surface area contributed by atoms with Gasteiger partial charge in [-0.25, -0.2) is 0 Å². The van der Waals surface area contributed by atoms with Gasteiger partial charge in [0.15, 0.2) is 0 Å². The summed E-state index contributed by atoms with van der Waals surface area (Å²) in [4.78, 5) is 1.33. The number of β-amino-alcohol motifs (C(OH)–C–C–N with tert-alkyl or cyclic N) is 1. The summed E-state index contributed by atoms with van der Waals surface area (Å²) in [6.07, 6.45) is -5.27. The molecule has 0 aromatic carbocycles. The maximum absolute atomic E-state index is 13.8. The highest BCUT2D eigenvalue weighted by molar-refractivity contribution is 5.11. The first kappa shape index (κ1) is 23.7. The molecule has 156 valence electrons. The zero-order valence-corrected chi connectivity index (χ0v) is 15.2. The van der Waals surface area contributed by atoms with Crippen molar-refractivity contribution in [3.63, 3.8) is 0 Å². The molecule has 1 rings (SSSR count). The normalized spacial score (nSPS) is 23.3. The van der Waals surface area contributed by atoms with Gasteiger partial charge in [-0.2, -0.15) is 30.7 Å². The Morgan fingerprint density at radius 1 is 1.07 bits per heavy atom. The number of rotatable bonds is 8. The standard InChI is InChI=1S/C18H24F7NO/c1-11(2)8-13-6-5-7-14(9-12(3)4)26(13)10-15(27)16(19,20)17(21,22)18(23,24)25/h5-6,13-15,27H,1,3,7-10H2,2,4H3/t13-,14-,15-/m1/s1. The van der Waals surface area contributed by atoms with Crippen LogP contribution in [0.4, 0.5) is 30.7 Å². The molecule has 1 heterocycles. The fourth-order valence-electron chi connectivity index (χ4n) is 3.05. The van der Waals surface area contributed by atoms with Crippen LogP contribution in [-0.2, 0) is 0 Å². The highest BCUT2D eigenvalue weighted by atomic mass is 19.4. The van der Waals surface area contributed by atoms with Gasteiger partial charge in [0, 0.05) is 18.6 Å². The lowest BCUT2D eigenvalue weighted by atomic mass is 9.92. The largest absolute Gasteiger partial charge is 0.459 e. The number of hydrogen-bond donors (Lipinski definition) is 1. The van der Waals surface area contributed by atoms with Gasteiger partial charge in [-0.15, -0.1) is 13.2 Å². The fraction of sp³-hybridized carbons (Fsp3) is 0.667. The number of aliphatic hydroxyl groups excluding tert-OH is 1. The summed E-state index contributed by atoms with van der Waals surface area (Å²) in [5, 5.41) is 9.69. The summed E-state index contributed by atoms with van der Waals surface area (Å²) in [6.45, 7) is 9.76. The quantitative estimate of drug-likeness (QED) is 0.450. The molecule has 9 heteroatoms. The second-order valence-electron chi connectivity index (χ2n) is 7.12. The minimum Gasteiger partial charge on any atom is -0.385 e. The Balaban J connectivity index is 3.14. The van der Waals surface area contributed by atoms with Crippen LogP contribution in [0.15, 0.2) is 36.5 Å². The van der Waals surface area contributed by atoms with Crippen molar-refractivity contribution in [3.8, 4) is 0 Å². The first-order valence-corrected chi connectivity index (χ1v) is 8.32. The first-order valence-electron chi connectivity index (χ1n) is 8.32. The topological polar surface area (TPSA) is 23.5 Å². The molecule has 0 amide bonds. The van der Waals surface area contributed by atoms with Crippen LogP contribution in [0.25, 0.3) is 0 Å². The highest BCUT2D eigenvalue weighted by Gasteiger charge is 2.75. The molecule has 27 heavy (non-hydrogen) atoms. The van der Waals surface area contributed by atoms with Gasteiger partial charge in [0.1, 0.15) is 6.10 Å². The van der Waals surface area contributed by atoms with E-state index in [1.54, 1.807) is 26.0 Å². The lowest BCUT2D eigenvalue weighted by Crippen LogP contribution is -2.61. The average molecular weight is 403 g/mol. The summed E-state index contributed by atoms with van der Waals surface area (Å²) in [5.41, 5.74) is 1.36. The fourth-order valence-corrected chi connectivity index (χ4v) is 3.05. The van der Waals surface area contributed by atoms with E-state index in [0.717, 1.165) is 0 Å². The summed E-state index contributed by atoms with van der Waals surface area (Å²) in [7, 11) is 0. The number of alkyl halides is 7. The van der Waals surface area contributed by atoms with Gasteiger partial charge in [0.05, 0.1) is 0 Å². The van der Waals surface area contributed by atoms with Crippen molar-refractivity contribution in [3.05, 3.63) is 36.5 Å². The molecule has 0 saturated heterocycles. The Morgan fingerprint density at radius 2 is 1.59 bits per heavy atom. The van der Waals surface area contributed by atoms with Crippen molar-refractivity contribution in [2.75, 3.05) is 6.54 Å². The van der Waals surface area contributed by atoms with E-state index in [-0.39, 0.29) is 6.42 Å². The van der Waals surface area contributed by atoms with Crippen molar-refractivity contribution >= 4 is 0 Å². The predicted octanol–water partition coefficient (Wildman–Crippen LogP) is 5.11. The molecule has 0 unspecified atom stereocenters. The van der Waals surface area contributed by atoms with Crippen LogP contribution >= 0.6 is 0 Å². The minimum atomic E-state index is -6.48. The van der Waals surface area contributed by atoms with Crippen LogP contribution in [0.2, 0.25) is 0 Å². The number of nitrogens with zero attached hydrogens (tertiary/aromatic N) is 1. The number of aliphatic hydroxyl groups is 1. The number of halogens is 7. The van der Waals surface area contributed by atoms with E-state index in [1.807, 2.05) is 0 Å². The molecule has 2 nitrogen and oxygen atoms in total. The summed E-state index contributed by atoms with van der Waals surface area (Å²) < 4.78 is 91.2. The van der Waals surface area contributed by atoms with Gasteiger partial charge in [0.2, 0.25) is 0 Å². The van der Waals surface area contributed by atoms with Crippen molar-refractivity contribution in [2.45, 2.75) is 69.3 Å². The molecule has 1 N–H and O–H groups in total. The van der Waals surface area contributed by atoms with Crippen LogP contribution in [0.3, 0.4) is 0 Å². The van der Waals surface area contributed by atoms with E-state index in [0.29, 0.717) is 24.0 Å². The van der Waals surface area contributed by atoms with Crippen molar-refractivity contribution in [1.82, 2.24) is 4.90 Å². The van der Waals surface area contributed by atoms with Crippen molar-refractivity contribution < 1.29 is 35.8 Å². The third-order valence-corrected chi connectivity index (χ3v) is 4.38. The second-order valence-corrected chi connectivity index (χ2v) is 7.12. The molecule has 3 atom stereocenters. The third-order valence-electron chi connectivity index (χ3n) is 4.38. The van der Waals surface area contributed by atoms with Gasteiger partial charge in [-0.05, 0) is 33.1 Å². The van der Waals surface area contributed by atoms with E-state index in [9.17, 15) is 35.8 Å². The zero-order valence-electron chi connectivity index (χ0n) is 15.2. The van der Waals surface area contributed by atoms with Gasteiger partial charge in [0.25, 0.3) is 0 Å². The minimum absolute atomic E-state index is 0.289. The summed E-state index contributed by atoms with van der Waals surface area (Å²) in [5.74, 6) is -12.0. The molecule has 0 bridgehead atoms. The van der Waals surface area contributed by atoms with Gasteiger partial charge >= 0.3 is 18.0 Å². The maximum atomic E-state index is 13.8. The molecular weight excluding hydrogens is 379 g/mol. The van der Waals surface area contributed by atoms with Gasteiger partial charge in [-0.1, -0.05) is 23.3 Å². The molecule has 0 aliphatic carbocycles. The molecule has 0 radical (unpaired) electrons. The lowest BCUT2D eigenvalue weighted by Gasteiger charge is -2.42. The average Bonchev–Trinajstić information content (AvgIpc) is 2.47. The monoisotopic (exact) mass is 403 g/mol. The van der Waals surface area contributed by atoms with E-state index >= 15 is 0 Å². The first-order chi connectivity index (χ1) is 12.1. The van der Waals surface area contributed by atoms with Gasteiger partial charge in [-0.3, -0.25) is 4.90 Å². The molecule has 1 aliphatic rings. The zero-order chi connectivity index (χ0) is 21.2. The van der Waals surface area contributed by atoms with E-state index in [2.05, 4.69) is 13.2 Å². The molecule has 0 spiro atoms. The van der Waals surface area contributed by atoms with Crippen molar-refractivity contribution in [2.24, 2.45) is 0 Å². The Hall–Kier alpha value is -1.35. The van der Waals surface area contributed by atoms with Crippen LogP contribution in [0.1, 0.15) is 33.1 Å². The Morgan fingerprint density at radius 3 is 2.04 bits per heavy atom. The molecule has 0 fully saturated rings. The number of hydrogen-bond acceptors (Lipinski definition) is 2. The predicted molar refractivity (Wildman–Crippen MR) is 88.9 cm³/mol. The molecule has 0 aromatic rings. The van der Waals surface area contributed by atoms with Crippen LogP contribution in [0.5, 0.6) is 0 Å². The Labute approximate surface area is 154 Å². The van der Waals surface area contributed by atoms with E-state index in [1.165, 1.54) is 4.90 Å². The van der Waals surface area contributed by atoms with E-state index in [4.69, 9.17) is 0 Å². The van der Waals surface area contributed by atoms with Crippen molar-refractivity contribution in [1.29, 1.82) is 0 Å². The Kier molecular flexibility index (Phi) is 7.32. The van der Waals surface area contributed by atoms with Crippen LogP contribution < -0.4 is 0 Å². The molecular formula is C18H24F7NO. The van der Waals surface area contributed by atoms with Gasteiger partial charge < -0.3 is 5.11 Å². The van der Waals surface area contributed by atoms with Crippen LogP contribution in [-0.4, -0.2) is 52.8 Å². The molecule has 1 aliphatic heterocycles. The third kappa shape index (κ3) is 5.34. The summed E-state index contributed by atoms with van der Waals surface area (Å²) >= 11 is 0.